The van der Waals surface area contributed by atoms with Crippen molar-refractivity contribution in [2.45, 2.75) is 38.5 Å². The molecule has 0 aliphatic heterocycles. The van der Waals surface area contributed by atoms with Crippen LogP contribution >= 0.6 is 11.6 Å². The van der Waals surface area contributed by atoms with Crippen molar-refractivity contribution in [3.63, 3.8) is 0 Å². The molecule has 0 spiro atoms. The number of aromatic nitrogens is 1. The van der Waals surface area contributed by atoms with Gasteiger partial charge in [-0.15, -0.1) is 0 Å². The molecule has 1 nitrogen and oxygen atoms in total. The Kier molecular flexibility index (Phi) is 5.30. The summed E-state index contributed by atoms with van der Waals surface area (Å²) < 4.78 is 0. The molecular weight excluding hydrogens is 302 g/mol. The van der Waals surface area contributed by atoms with E-state index in [1.165, 1.54) is 35.8 Å². The number of unbranched alkanes of at least 4 members (excludes halogenated alkanes) is 1. The van der Waals surface area contributed by atoms with Crippen molar-refractivity contribution >= 4 is 22.5 Å². The quantitative estimate of drug-likeness (QED) is 0.478. The summed E-state index contributed by atoms with van der Waals surface area (Å²) in [6.45, 7) is 2.26. The summed E-state index contributed by atoms with van der Waals surface area (Å²) in [5.41, 5.74) is 3.77. The lowest BCUT2D eigenvalue weighted by atomic mass is 9.94. The fourth-order valence-corrected chi connectivity index (χ4v) is 3.49. The van der Waals surface area contributed by atoms with E-state index in [-0.39, 0.29) is 0 Å². The lowest BCUT2D eigenvalue weighted by molar-refractivity contribution is 0.605. The van der Waals surface area contributed by atoms with Crippen LogP contribution in [0.4, 0.5) is 0 Å². The molecule has 0 aliphatic carbocycles. The Balaban J connectivity index is 1.56. The van der Waals surface area contributed by atoms with E-state index in [1.54, 1.807) is 0 Å². The minimum absolute atomic E-state index is 0.509. The first-order valence-electron chi connectivity index (χ1n) is 8.33. The maximum atomic E-state index is 6.28. The second kappa shape index (κ2) is 7.61. The highest BCUT2D eigenvalue weighted by molar-refractivity contribution is 6.31. The average molecular weight is 324 g/mol. The molecule has 0 amide bonds. The van der Waals surface area contributed by atoms with E-state index in [9.17, 15) is 0 Å². The van der Waals surface area contributed by atoms with Gasteiger partial charge in [0.1, 0.15) is 0 Å². The molecule has 0 saturated carbocycles. The largest absolute Gasteiger partial charge is 0.256 e. The van der Waals surface area contributed by atoms with Crippen molar-refractivity contribution in [2.24, 2.45) is 0 Å². The lowest BCUT2D eigenvalue weighted by Crippen LogP contribution is -1.96. The monoisotopic (exact) mass is 323 g/mol. The average Bonchev–Trinajstić information content (AvgIpc) is 2.59. The number of pyridine rings is 1. The minimum atomic E-state index is 0.509. The first-order valence-corrected chi connectivity index (χ1v) is 8.70. The molecule has 3 aromatic rings. The zero-order chi connectivity index (χ0) is 16.1. The Morgan fingerprint density at radius 3 is 2.65 bits per heavy atom. The van der Waals surface area contributed by atoms with Crippen molar-refractivity contribution < 1.29 is 0 Å². The van der Waals surface area contributed by atoms with Gasteiger partial charge >= 0.3 is 0 Å². The van der Waals surface area contributed by atoms with Crippen LogP contribution in [0.3, 0.4) is 0 Å². The first-order chi connectivity index (χ1) is 11.3. The van der Waals surface area contributed by atoms with E-state index < -0.39 is 0 Å². The van der Waals surface area contributed by atoms with E-state index in [1.807, 2.05) is 24.4 Å². The SMILES string of the molecule is CC(CCCCc1cccc2cccnc12)c1ccccc1Cl. The molecule has 118 valence electrons. The Morgan fingerprint density at radius 2 is 1.78 bits per heavy atom. The molecule has 0 saturated heterocycles. The molecule has 1 aromatic heterocycles. The van der Waals surface area contributed by atoms with E-state index in [0.29, 0.717) is 5.92 Å². The molecule has 0 N–H and O–H groups in total. The first kappa shape index (κ1) is 16.0. The van der Waals surface area contributed by atoms with Crippen molar-refractivity contribution in [1.29, 1.82) is 0 Å². The summed E-state index contributed by atoms with van der Waals surface area (Å²) >= 11 is 6.28. The van der Waals surface area contributed by atoms with Crippen LogP contribution in [0.5, 0.6) is 0 Å². The molecule has 1 unspecified atom stereocenters. The Labute approximate surface area is 143 Å². The van der Waals surface area contributed by atoms with Gasteiger partial charge in [0.05, 0.1) is 5.52 Å². The molecule has 2 heteroatoms. The number of aryl methyl sites for hydroxylation is 1. The van der Waals surface area contributed by atoms with E-state index >= 15 is 0 Å². The van der Waals surface area contributed by atoms with Gasteiger partial charge in [0, 0.05) is 16.6 Å². The van der Waals surface area contributed by atoms with Crippen molar-refractivity contribution in [2.75, 3.05) is 0 Å². The zero-order valence-electron chi connectivity index (χ0n) is 13.5. The molecule has 0 radical (unpaired) electrons. The van der Waals surface area contributed by atoms with Gasteiger partial charge in [0.2, 0.25) is 0 Å². The molecule has 0 fully saturated rings. The summed E-state index contributed by atoms with van der Waals surface area (Å²) in [6, 6.07) is 18.8. The van der Waals surface area contributed by atoms with Gasteiger partial charge in [-0.25, -0.2) is 0 Å². The van der Waals surface area contributed by atoms with Gasteiger partial charge in [0.25, 0.3) is 0 Å². The summed E-state index contributed by atoms with van der Waals surface area (Å²) in [4.78, 5) is 4.54. The van der Waals surface area contributed by atoms with E-state index in [2.05, 4.69) is 48.3 Å². The summed E-state index contributed by atoms with van der Waals surface area (Å²) in [6.07, 6.45) is 6.52. The number of fused-ring (bicyclic) bond motifs is 1. The van der Waals surface area contributed by atoms with Gasteiger partial charge in [0.15, 0.2) is 0 Å². The molecular formula is C21H22ClN. The smallest absolute Gasteiger partial charge is 0.0733 e. The summed E-state index contributed by atoms with van der Waals surface area (Å²) in [5, 5.41) is 2.12. The van der Waals surface area contributed by atoms with Gasteiger partial charge in [-0.05, 0) is 48.4 Å². The second-order valence-corrected chi connectivity index (χ2v) is 6.57. The number of halogens is 1. The molecule has 1 atom stereocenters. The molecule has 2 aromatic carbocycles. The molecule has 0 aliphatic rings. The van der Waals surface area contributed by atoms with Crippen molar-refractivity contribution in [3.8, 4) is 0 Å². The number of hydrogen-bond acceptors (Lipinski definition) is 1. The Hall–Kier alpha value is -1.86. The van der Waals surface area contributed by atoms with Crippen LogP contribution in [0.2, 0.25) is 5.02 Å². The fraction of sp³-hybridized carbons (Fsp3) is 0.286. The van der Waals surface area contributed by atoms with Gasteiger partial charge in [-0.1, -0.05) is 67.4 Å². The Morgan fingerprint density at radius 1 is 0.957 bits per heavy atom. The van der Waals surface area contributed by atoms with Crippen molar-refractivity contribution in [1.82, 2.24) is 4.98 Å². The molecule has 1 heterocycles. The topological polar surface area (TPSA) is 12.9 Å². The molecule has 0 bridgehead atoms. The van der Waals surface area contributed by atoms with E-state index in [4.69, 9.17) is 11.6 Å². The van der Waals surface area contributed by atoms with Crippen LogP contribution in [-0.2, 0) is 6.42 Å². The van der Waals surface area contributed by atoms with Crippen LogP contribution in [0.15, 0.2) is 60.8 Å². The normalized spacial score (nSPS) is 12.4. The number of benzene rings is 2. The molecule has 3 rings (SSSR count). The van der Waals surface area contributed by atoms with Crippen LogP contribution in [0, 0.1) is 0 Å². The minimum Gasteiger partial charge on any atom is -0.256 e. The van der Waals surface area contributed by atoms with Crippen LogP contribution < -0.4 is 0 Å². The number of hydrogen-bond donors (Lipinski definition) is 0. The van der Waals surface area contributed by atoms with Crippen molar-refractivity contribution in [3.05, 3.63) is 76.9 Å². The van der Waals surface area contributed by atoms with Gasteiger partial charge in [-0.3, -0.25) is 4.98 Å². The fourth-order valence-electron chi connectivity index (χ4n) is 3.17. The summed E-state index contributed by atoms with van der Waals surface area (Å²) in [5.74, 6) is 0.509. The second-order valence-electron chi connectivity index (χ2n) is 6.16. The Bertz CT molecular complexity index is 776. The zero-order valence-corrected chi connectivity index (χ0v) is 14.3. The highest BCUT2D eigenvalue weighted by Crippen LogP contribution is 2.28. The maximum Gasteiger partial charge on any atom is 0.0733 e. The van der Waals surface area contributed by atoms with Gasteiger partial charge in [-0.2, -0.15) is 0 Å². The van der Waals surface area contributed by atoms with Gasteiger partial charge < -0.3 is 0 Å². The third-order valence-electron chi connectivity index (χ3n) is 4.49. The predicted molar refractivity (Wildman–Crippen MR) is 99.2 cm³/mol. The third-order valence-corrected chi connectivity index (χ3v) is 4.83. The van der Waals surface area contributed by atoms with Crippen LogP contribution in [0.1, 0.15) is 43.2 Å². The van der Waals surface area contributed by atoms with E-state index in [0.717, 1.165) is 17.0 Å². The number of nitrogens with zero attached hydrogens (tertiary/aromatic N) is 1. The lowest BCUT2D eigenvalue weighted by Gasteiger charge is -2.13. The molecule has 23 heavy (non-hydrogen) atoms. The third kappa shape index (κ3) is 3.92. The highest BCUT2D eigenvalue weighted by Gasteiger charge is 2.09. The van der Waals surface area contributed by atoms with Crippen LogP contribution in [0.25, 0.3) is 10.9 Å². The summed E-state index contributed by atoms with van der Waals surface area (Å²) in [7, 11) is 0. The standard InChI is InChI=1S/C21H22ClN/c1-16(19-13-4-5-14-20(19)22)8-2-3-9-17-10-6-11-18-12-7-15-23-21(17)18/h4-7,10-16H,2-3,8-9H2,1H3. The number of para-hydroxylation sites is 1. The van der Waals surface area contributed by atoms with Crippen LogP contribution in [-0.4, -0.2) is 4.98 Å². The number of rotatable bonds is 6. The predicted octanol–water partition coefficient (Wildman–Crippen LogP) is 6.40. The highest BCUT2D eigenvalue weighted by atomic mass is 35.5. The maximum absolute atomic E-state index is 6.28.